The number of hydrogen-bond donors (Lipinski definition) is 2. The van der Waals surface area contributed by atoms with Gasteiger partial charge in [-0.3, -0.25) is 0 Å². The van der Waals surface area contributed by atoms with E-state index in [0.29, 0.717) is 6.04 Å². The molecule has 0 spiro atoms. The molecule has 0 radical (unpaired) electrons. The van der Waals surface area contributed by atoms with Gasteiger partial charge in [-0.25, -0.2) is 0 Å². The van der Waals surface area contributed by atoms with E-state index in [1.807, 2.05) is 6.92 Å². The van der Waals surface area contributed by atoms with Crippen molar-refractivity contribution in [2.45, 2.75) is 45.8 Å². The van der Waals surface area contributed by atoms with Gasteiger partial charge in [0.25, 0.3) is 0 Å². The number of hydrogen-bond acceptors (Lipinski definition) is 3. The van der Waals surface area contributed by atoms with Crippen molar-refractivity contribution in [3.8, 4) is 0 Å². The first-order valence-corrected chi connectivity index (χ1v) is 7.31. The number of aliphatic hydroxyl groups excluding tert-OH is 1. The van der Waals surface area contributed by atoms with Gasteiger partial charge in [-0.15, -0.1) is 0 Å². The van der Waals surface area contributed by atoms with Gasteiger partial charge in [0.2, 0.25) is 0 Å². The van der Waals surface area contributed by atoms with Crippen LogP contribution in [-0.2, 0) is 0 Å². The Kier molecular flexibility index (Phi) is 6.89. The molecule has 0 aliphatic heterocycles. The lowest BCUT2D eigenvalue weighted by Gasteiger charge is -2.27. The normalized spacial score (nSPS) is 14.2. The molecule has 0 heterocycles. The Morgan fingerprint density at radius 1 is 1.26 bits per heavy atom. The first-order chi connectivity index (χ1) is 9.10. The molecule has 2 atom stereocenters. The van der Waals surface area contributed by atoms with Crippen molar-refractivity contribution in [1.82, 2.24) is 5.32 Å². The van der Waals surface area contributed by atoms with Gasteiger partial charge in [0, 0.05) is 25.3 Å². The van der Waals surface area contributed by atoms with Crippen molar-refractivity contribution >= 4 is 5.69 Å². The van der Waals surface area contributed by atoms with Crippen molar-refractivity contribution in [2.75, 3.05) is 25.0 Å². The SMILES string of the molecule is CCNC(CC)c1ccccc1N(C)CCC(C)O. The number of aliphatic hydroxyl groups is 1. The molecule has 0 saturated heterocycles. The number of anilines is 1. The van der Waals surface area contributed by atoms with Crippen molar-refractivity contribution in [1.29, 1.82) is 0 Å². The first-order valence-electron chi connectivity index (χ1n) is 7.31. The standard InChI is InChI=1S/C16H28N2O/c1-5-15(17-6-2)14-9-7-8-10-16(14)18(4)12-11-13(3)19/h7-10,13,15,17,19H,5-6,11-12H2,1-4H3. The molecule has 2 unspecified atom stereocenters. The third-order valence-electron chi connectivity index (χ3n) is 3.46. The van der Waals surface area contributed by atoms with Crippen LogP contribution in [-0.4, -0.2) is 31.3 Å². The van der Waals surface area contributed by atoms with Crippen LogP contribution in [0.2, 0.25) is 0 Å². The highest BCUT2D eigenvalue weighted by Gasteiger charge is 2.14. The molecule has 0 fully saturated rings. The van der Waals surface area contributed by atoms with E-state index in [1.165, 1.54) is 11.3 Å². The maximum Gasteiger partial charge on any atom is 0.0528 e. The lowest BCUT2D eigenvalue weighted by atomic mass is 10.0. The van der Waals surface area contributed by atoms with Gasteiger partial charge < -0.3 is 15.3 Å². The summed E-state index contributed by atoms with van der Waals surface area (Å²) >= 11 is 0. The summed E-state index contributed by atoms with van der Waals surface area (Å²) in [6.45, 7) is 8.04. The Morgan fingerprint density at radius 3 is 2.53 bits per heavy atom. The maximum atomic E-state index is 9.42. The van der Waals surface area contributed by atoms with Crippen LogP contribution in [0.25, 0.3) is 0 Å². The molecular formula is C16H28N2O. The quantitative estimate of drug-likeness (QED) is 0.758. The zero-order valence-electron chi connectivity index (χ0n) is 12.7. The van der Waals surface area contributed by atoms with Crippen LogP contribution in [0.5, 0.6) is 0 Å². The Morgan fingerprint density at radius 2 is 1.95 bits per heavy atom. The Hall–Kier alpha value is -1.06. The first kappa shape index (κ1) is 16.0. The van der Waals surface area contributed by atoms with Crippen LogP contribution >= 0.6 is 0 Å². The van der Waals surface area contributed by atoms with E-state index < -0.39 is 0 Å². The molecule has 19 heavy (non-hydrogen) atoms. The predicted octanol–water partition coefficient (Wildman–Crippen LogP) is 2.95. The van der Waals surface area contributed by atoms with E-state index in [0.717, 1.165) is 25.9 Å². The number of para-hydroxylation sites is 1. The topological polar surface area (TPSA) is 35.5 Å². The second kappa shape index (κ2) is 8.18. The van der Waals surface area contributed by atoms with E-state index >= 15 is 0 Å². The van der Waals surface area contributed by atoms with Crippen LogP contribution in [0.4, 0.5) is 5.69 Å². The summed E-state index contributed by atoms with van der Waals surface area (Å²) in [5, 5.41) is 13.0. The minimum absolute atomic E-state index is 0.245. The van der Waals surface area contributed by atoms with Gasteiger partial charge in [-0.2, -0.15) is 0 Å². The molecular weight excluding hydrogens is 236 g/mol. The number of benzene rings is 1. The summed E-state index contributed by atoms with van der Waals surface area (Å²) in [4.78, 5) is 2.24. The fraction of sp³-hybridized carbons (Fsp3) is 0.625. The average Bonchev–Trinajstić information content (AvgIpc) is 2.42. The van der Waals surface area contributed by atoms with Crippen LogP contribution in [0.1, 0.15) is 45.2 Å². The molecule has 1 rings (SSSR count). The average molecular weight is 264 g/mol. The molecule has 0 amide bonds. The fourth-order valence-corrected chi connectivity index (χ4v) is 2.35. The summed E-state index contributed by atoms with van der Waals surface area (Å²) in [6, 6.07) is 8.94. The van der Waals surface area contributed by atoms with Gasteiger partial charge in [0.15, 0.2) is 0 Å². The zero-order valence-corrected chi connectivity index (χ0v) is 12.7. The van der Waals surface area contributed by atoms with Crippen LogP contribution in [0.15, 0.2) is 24.3 Å². The Bertz CT molecular complexity index is 366. The molecule has 1 aromatic carbocycles. The molecule has 0 aliphatic carbocycles. The van der Waals surface area contributed by atoms with E-state index in [4.69, 9.17) is 0 Å². The largest absolute Gasteiger partial charge is 0.393 e. The van der Waals surface area contributed by atoms with Crippen LogP contribution in [0.3, 0.4) is 0 Å². The molecule has 0 bridgehead atoms. The minimum Gasteiger partial charge on any atom is -0.393 e. The van der Waals surface area contributed by atoms with Gasteiger partial charge in [-0.1, -0.05) is 32.0 Å². The van der Waals surface area contributed by atoms with Gasteiger partial charge in [0.1, 0.15) is 0 Å². The zero-order chi connectivity index (χ0) is 14.3. The maximum absolute atomic E-state index is 9.42. The Labute approximate surface area is 117 Å². The molecule has 3 heteroatoms. The lowest BCUT2D eigenvalue weighted by Crippen LogP contribution is -2.26. The summed E-state index contributed by atoms with van der Waals surface area (Å²) in [5.41, 5.74) is 2.61. The van der Waals surface area contributed by atoms with Crippen molar-refractivity contribution in [3.63, 3.8) is 0 Å². The molecule has 3 nitrogen and oxygen atoms in total. The van der Waals surface area contributed by atoms with E-state index in [9.17, 15) is 5.11 Å². The van der Waals surface area contributed by atoms with E-state index in [2.05, 4.69) is 55.4 Å². The summed E-state index contributed by atoms with van der Waals surface area (Å²) in [6.07, 6.45) is 1.63. The fourth-order valence-electron chi connectivity index (χ4n) is 2.35. The van der Waals surface area contributed by atoms with Crippen molar-refractivity contribution < 1.29 is 5.11 Å². The second-order valence-corrected chi connectivity index (χ2v) is 5.14. The highest BCUT2D eigenvalue weighted by Crippen LogP contribution is 2.27. The highest BCUT2D eigenvalue weighted by atomic mass is 16.3. The summed E-state index contributed by atoms with van der Waals surface area (Å²) in [5.74, 6) is 0. The van der Waals surface area contributed by atoms with Gasteiger partial charge >= 0.3 is 0 Å². The number of rotatable bonds is 8. The van der Waals surface area contributed by atoms with E-state index in [1.54, 1.807) is 0 Å². The Balaban J connectivity index is 2.87. The highest BCUT2D eigenvalue weighted by molar-refractivity contribution is 5.54. The molecule has 0 aromatic heterocycles. The lowest BCUT2D eigenvalue weighted by molar-refractivity contribution is 0.187. The molecule has 0 saturated carbocycles. The van der Waals surface area contributed by atoms with Crippen molar-refractivity contribution in [3.05, 3.63) is 29.8 Å². The smallest absolute Gasteiger partial charge is 0.0528 e. The van der Waals surface area contributed by atoms with Crippen molar-refractivity contribution in [2.24, 2.45) is 0 Å². The number of nitrogens with one attached hydrogen (secondary N) is 1. The third-order valence-corrected chi connectivity index (χ3v) is 3.46. The van der Waals surface area contributed by atoms with Gasteiger partial charge in [0.05, 0.1) is 6.10 Å². The number of nitrogens with zero attached hydrogens (tertiary/aromatic N) is 1. The molecule has 108 valence electrons. The minimum atomic E-state index is -0.245. The molecule has 1 aromatic rings. The van der Waals surface area contributed by atoms with E-state index in [-0.39, 0.29) is 6.10 Å². The van der Waals surface area contributed by atoms with Gasteiger partial charge in [-0.05, 0) is 37.9 Å². The third kappa shape index (κ3) is 4.84. The molecule has 2 N–H and O–H groups in total. The monoisotopic (exact) mass is 264 g/mol. The predicted molar refractivity (Wildman–Crippen MR) is 82.7 cm³/mol. The van der Waals surface area contributed by atoms with Crippen LogP contribution < -0.4 is 10.2 Å². The summed E-state index contributed by atoms with van der Waals surface area (Å²) < 4.78 is 0. The van der Waals surface area contributed by atoms with Crippen LogP contribution in [0, 0.1) is 0 Å². The summed E-state index contributed by atoms with van der Waals surface area (Å²) in [7, 11) is 2.10. The second-order valence-electron chi connectivity index (χ2n) is 5.14. The molecule has 0 aliphatic rings.